The molecule has 1 aromatic heterocycles. The number of nitrogens with zero attached hydrogens (tertiary/aromatic N) is 2. The molecule has 0 aliphatic rings. The van der Waals surface area contributed by atoms with Crippen molar-refractivity contribution in [2.45, 2.75) is 35.9 Å². The van der Waals surface area contributed by atoms with Crippen LogP contribution >= 0.6 is 11.8 Å². The van der Waals surface area contributed by atoms with Crippen LogP contribution < -0.4 is 5.32 Å². The summed E-state index contributed by atoms with van der Waals surface area (Å²) in [5.41, 5.74) is 2.84. The Balaban J connectivity index is 2.07. The van der Waals surface area contributed by atoms with Gasteiger partial charge >= 0.3 is 0 Å². The lowest BCUT2D eigenvalue weighted by Gasteiger charge is -2.15. The molecule has 0 aliphatic carbocycles. The SMILES string of the molecule is Cc1cccc(C)c1NC(=O)[C@@H](C)Sc1ccc(S(=O)(=O)N(C)C)cn1. The molecule has 0 spiro atoms. The van der Waals surface area contributed by atoms with Crippen LogP contribution in [0.2, 0.25) is 0 Å². The molecule has 2 aromatic rings. The highest BCUT2D eigenvalue weighted by Crippen LogP contribution is 2.25. The summed E-state index contributed by atoms with van der Waals surface area (Å²) in [4.78, 5) is 16.8. The second kappa shape index (κ2) is 8.20. The molecule has 1 aromatic carbocycles. The Morgan fingerprint density at radius 3 is 2.27 bits per heavy atom. The van der Waals surface area contributed by atoms with Crippen molar-refractivity contribution in [2.24, 2.45) is 0 Å². The Hall–Kier alpha value is -1.90. The molecule has 0 unspecified atom stereocenters. The number of aromatic nitrogens is 1. The van der Waals surface area contributed by atoms with Gasteiger partial charge in [-0.3, -0.25) is 4.79 Å². The van der Waals surface area contributed by atoms with Gasteiger partial charge in [0.2, 0.25) is 15.9 Å². The van der Waals surface area contributed by atoms with Crippen LogP contribution in [0.4, 0.5) is 5.69 Å². The zero-order valence-corrected chi connectivity index (χ0v) is 17.1. The molecular weight excluding hydrogens is 370 g/mol. The van der Waals surface area contributed by atoms with Gasteiger partial charge in [0.1, 0.15) is 4.90 Å². The first-order valence-corrected chi connectivity index (χ1v) is 10.4. The van der Waals surface area contributed by atoms with Gasteiger partial charge in [0.05, 0.1) is 10.3 Å². The van der Waals surface area contributed by atoms with Crippen LogP contribution in [0.3, 0.4) is 0 Å². The first kappa shape index (κ1) is 20.4. The molecule has 8 heteroatoms. The van der Waals surface area contributed by atoms with E-state index in [2.05, 4.69) is 10.3 Å². The Labute approximate surface area is 159 Å². The van der Waals surface area contributed by atoms with Crippen molar-refractivity contribution in [3.63, 3.8) is 0 Å². The van der Waals surface area contributed by atoms with Gasteiger partial charge in [-0.2, -0.15) is 0 Å². The topological polar surface area (TPSA) is 79.4 Å². The van der Waals surface area contributed by atoms with Crippen LogP contribution in [0.15, 0.2) is 46.5 Å². The maximum Gasteiger partial charge on any atom is 0.244 e. The minimum absolute atomic E-state index is 0.125. The molecule has 26 heavy (non-hydrogen) atoms. The zero-order chi connectivity index (χ0) is 19.5. The molecule has 1 atom stereocenters. The maximum absolute atomic E-state index is 12.5. The van der Waals surface area contributed by atoms with E-state index in [9.17, 15) is 13.2 Å². The van der Waals surface area contributed by atoms with Crippen LogP contribution in [0.25, 0.3) is 0 Å². The van der Waals surface area contributed by atoms with Gasteiger partial charge in [-0.25, -0.2) is 17.7 Å². The number of carbonyl (C=O) groups is 1. The quantitative estimate of drug-likeness (QED) is 0.763. The van der Waals surface area contributed by atoms with Gasteiger partial charge < -0.3 is 5.32 Å². The predicted octanol–water partition coefficient (Wildman–Crippen LogP) is 3.07. The monoisotopic (exact) mass is 393 g/mol. The molecule has 0 fully saturated rings. The summed E-state index contributed by atoms with van der Waals surface area (Å²) in [6, 6.07) is 8.97. The minimum atomic E-state index is -3.51. The van der Waals surface area contributed by atoms with E-state index in [0.717, 1.165) is 21.1 Å². The molecule has 2 rings (SSSR count). The first-order valence-electron chi connectivity index (χ1n) is 8.05. The highest BCUT2D eigenvalue weighted by molar-refractivity contribution is 8.00. The zero-order valence-electron chi connectivity index (χ0n) is 15.5. The van der Waals surface area contributed by atoms with Crippen LogP contribution in [-0.4, -0.2) is 43.0 Å². The summed E-state index contributed by atoms with van der Waals surface area (Å²) in [5, 5.41) is 3.17. The number of pyridine rings is 1. The van der Waals surface area contributed by atoms with Crippen molar-refractivity contribution in [3.8, 4) is 0 Å². The predicted molar refractivity (Wildman–Crippen MR) is 105 cm³/mol. The van der Waals surface area contributed by atoms with E-state index in [1.54, 1.807) is 13.0 Å². The number of nitrogens with one attached hydrogen (secondary N) is 1. The number of aryl methyl sites for hydroxylation is 2. The molecule has 0 bridgehead atoms. The van der Waals surface area contributed by atoms with Crippen molar-refractivity contribution < 1.29 is 13.2 Å². The third-order valence-electron chi connectivity index (χ3n) is 3.88. The van der Waals surface area contributed by atoms with Gasteiger partial charge in [-0.1, -0.05) is 30.0 Å². The maximum atomic E-state index is 12.5. The fourth-order valence-electron chi connectivity index (χ4n) is 2.27. The number of hydrogen-bond donors (Lipinski definition) is 1. The van der Waals surface area contributed by atoms with Crippen molar-refractivity contribution in [1.29, 1.82) is 0 Å². The molecule has 0 saturated carbocycles. The van der Waals surface area contributed by atoms with Gasteiger partial charge in [0.15, 0.2) is 0 Å². The Morgan fingerprint density at radius 1 is 1.15 bits per heavy atom. The molecule has 0 aliphatic heterocycles. The molecule has 0 saturated heterocycles. The second-order valence-electron chi connectivity index (χ2n) is 6.14. The fourth-order valence-corrected chi connectivity index (χ4v) is 3.91. The van der Waals surface area contributed by atoms with Crippen LogP contribution in [0, 0.1) is 13.8 Å². The summed E-state index contributed by atoms with van der Waals surface area (Å²) < 4.78 is 25.2. The van der Waals surface area contributed by atoms with Crippen LogP contribution in [-0.2, 0) is 14.8 Å². The van der Waals surface area contributed by atoms with Crippen molar-refractivity contribution >= 4 is 33.4 Å². The number of carbonyl (C=O) groups excluding carboxylic acids is 1. The summed E-state index contributed by atoms with van der Waals surface area (Å²) >= 11 is 1.28. The molecule has 1 N–H and O–H groups in total. The van der Waals surface area contributed by atoms with E-state index in [1.165, 1.54) is 38.1 Å². The van der Waals surface area contributed by atoms with E-state index in [1.807, 2.05) is 32.0 Å². The summed E-state index contributed by atoms with van der Waals surface area (Å²) in [5.74, 6) is -0.126. The highest BCUT2D eigenvalue weighted by atomic mass is 32.2. The smallest absolute Gasteiger partial charge is 0.244 e. The molecule has 1 amide bonds. The highest BCUT2D eigenvalue weighted by Gasteiger charge is 2.20. The lowest BCUT2D eigenvalue weighted by Crippen LogP contribution is -2.23. The number of rotatable bonds is 6. The lowest BCUT2D eigenvalue weighted by molar-refractivity contribution is -0.115. The molecule has 6 nitrogen and oxygen atoms in total. The third kappa shape index (κ3) is 4.63. The second-order valence-corrected chi connectivity index (χ2v) is 9.65. The van der Waals surface area contributed by atoms with E-state index < -0.39 is 10.0 Å². The van der Waals surface area contributed by atoms with Gasteiger partial charge in [-0.05, 0) is 44.0 Å². The van der Waals surface area contributed by atoms with Crippen molar-refractivity contribution in [3.05, 3.63) is 47.7 Å². The molecule has 0 radical (unpaired) electrons. The number of para-hydroxylation sites is 1. The molecular formula is C18H23N3O3S2. The number of benzene rings is 1. The third-order valence-corrected chi connectivity index (χ3v) is 6.73. The van der Waals surface area contributed by atoms with E-state index in [-0.39, 0.29) is 16.1 Å². The first-order chi connectivity index (χ1) is 12.1. The average Bonchev–Trinajstić information content (AvgIpc) is 2.58. The van der Waals surface area contributed by atoms with Gasteiger partial charge in [0.25, 0.3) is 0 Å². The Morgan fingerprint density at radius 2 is 1.77 bits per heavy atom. The standard InChI is InChI=1S/C18H23N3O3S2/c1-12-7-6-8-13(2)17(12)20-18(22)14(3)25-16-10-9-15(11-19-16)26(23,24)21(4)5/h6-11,14H,1-5H3,(H,20,22)/t14-/m1/s1. The average molecular weight is 394 g/mol. The van der Waals surface area contributed by atoms with Gasteiger partial charge in [-0.15, -0.1) is 0 Å². The Bertz CT molecular complexity index is 874. The van der Waals surface area contributed by atoms with Crippen LogP contribution in [0.5, 0.6) is 0 Å². The van der Waals surface area contributed by atoms with E-state index >= 15 is 0 Å². The number of amides is 1. The lowest BCUT2D eigenvalue weighted by atomic mass is 10.1. The van der Waals surface area contributed by atoms with E-state index in [0.29, 0.717) is 5.03 Å². The van der Waals surface area contributed by atoms with Crippen molar-refractivity contribution in [2.75, 3.05) is 19.4 Å². The summed E-state index contributed by atoms with van der Waals surface area (Å²) in [7, 11) is -0.566. The minimum Gasteiger partial charge on any atom is -0.325 e. The summed E-state index contributed by atoms with van der Waals surface area (Å²) in [6.07, 6.45) is 1.31. The summed E-state index contributed by atoms with van der Waals surface area (Å²) in [6.45, 7) is 5.69. The number of hydrogen-bond acceptors (Lipinski definition) is 5. The van der Waals surface area contributed by atoms with Crippen molar-refractivity contribution in [1.82, 2.24) is 9.29 Å². The molecule has 1 heterocycles. The largest absolute Gasteiger partial charge is 0.325 e. The van der Waals surface area contributed by atoms with Gasteiger partial charge in [0, 0.05) is 26.0 Å². The number of anilines is 1. The normalized spacial score (nSPS) is 12.8. The van der Waals surface area contributed by atoms with E-state index in [4.69, 9.17) is 0 Å². The number of thioether (sulfide) groups is 1. The number of sulfonamides is 1. The Kier molecular flexibility index (Phi) is 6.44. The molecule has 140 valence electrons. The van der Waals surface area contributed by atoms with Crippen LogP contribution in [0.1, 0.15) is 18.1 Å². The fraction of sp³-hybridized carbons (Fsp3) is 0.333.